The Kier molecular flexibility index (Phi) is 8.05. The van der Waals surface area contributed by atoms with Gasteiger partial charge >= 0.3 is 0 Å². The Morgan fingerprint density at radius 3 is 2.82 bits per heavy atom. The van der Waals surface area contributed by atoms with Crippen LogP contribution in [0.25, 0.3) is 0 Å². The molecule has 154 valence electrons. The SMILES string of the molecule is CN=C(NCc1ccc(N(C)C)c(F)c1)N1CCOC(c2cnn(C)c2)C1.I. The van der Waals surface area contributed by atoms with Crippen molar-refractivity contribution in [2.75, 3.05) is 45.7 Å². The highest BCUT2D eigenvalue weighted by Crippen LogP contribution is 2.22. The van der Waals surface area contributed by atoms with Crippen molar-refractivity contribution in [2.45, 2.75) is 12.6 Å². The lowest BCUT2D eigenvalue weighted by Gasteiger charge is -2.34. The van der Waals surface area contributed by atoms with Gasteiger partial charge in [0.25, 0.3) is 0 Å². The first-order valence-electron chi connectivity index (χ1n) is 8.99. The van der Waals surface area contributed by atoms with Crippen LogP contribution in [0.5, 0.6) is 0 Å². The highest BCUT2D eigenvalue weighted by molar-refractivity contribution is 14.0. The molecule has 1 aliphatic rings. The van der Waals surface area contributed by atoms with Gasteiger partial charge in [0.1, 0.15) is 11.9 Å². The zero-order valence-electron chi connectivity index (χ0n) is 16.7. The van der Waals surface area contributed by atoms with Gasteiger partial charge in [0, 0.05) is 53.0 Å². The van der Waals surface area contributed by atoms with E-state index in [0.29, 0.717) is 25.4 Å². The number of guanidine groups is 1. The van der Waals surface area contributed by atoms with Gasteiger partial charge in [0.05, 0.1) is 25.0 Å². The van der Waals surface area contributed by atoms with Crippen molar-refractivity contribution in [1.29, 1.82) is 0 Å². The lowest BCUT2D eigenvalue weighted by Crippen LogP contribution is -2.47. The van der Waals surface area contributed by atoms with Gasteiger partial charge in [0.15, 0.2) is 5.96 Å². The molecular formula is C19H28FIN6O. The molecule has 2 heterocycles. The molecule has 9 heteroatoms. The van der Waals surface area contributed by atoms with Gasteiger partial charge in [-0.2, -0.15) is 5.10 Å². The van der Waals surface area contributed by atoms with E-state index in [9.17, 15) is 4.39 Å². The molecule has 0 saturated carbocycles. The first-order chi connectivity index (χ1) is 13.0. The predicted molar refractivity (Wildman–Crippen MR) is 120 cm³/mol. The third-order valence-electron chi connectivity index (χ3n) is 4.62. The summed E-state index contributed by atoms with van der Waals surface area (Å²) in [6.45, 7) is 2.57. The Labute approximate surface area is 182 Å². The van der Waals surface area contributed by atoms with Crippen LogP contribution >= 0.6 is 24.0 Å². The molecule has 1 aliphatic heterocycles. The van der Waals surface area contributed by atoms with Crippen molar-refractivity contribution >= 4 is 35.6 Å². The number of nitrogens with zero attached hydrogens (tertiary/aromatic N) is 5. The summed E-state index contributed by atoms with van der Waals surface area (Å²) in [5.74, 6) is 0.557. The summed E-state index contributed by atoms with van der Waals surface area (Å²) >= 11 is 0. The number of aliphatic imine (C=N–C) groups is 1. The van der Waals surface area contributed by atoms with Gasteiger partial charge in [-0.15, -0.1) is 24.0 Å². The molecule has 2 aromatic rings. The molecule has 0 amide bonds. The second-order valence-corrected chi connectivity index (χ2v) is 6.83. The van der Waals surface area contributed by atoms with E-state index in [1.807, 2.05) is 39.6 Å². The minimum Gasteiger partial charge on any atom is -0.375 e. The average molecular weight is 502 g/mol. The minimum atomic E-state index is -0.225. The number of hydrogen-bond acceptors (Lipinski definition) is 4. The topological polar surface area (TPSA) is 57.9 Å². The first kappa shape index (κ1) is 22.4. The fraction of sp³-hybridized carbons (Fsp3) is 0.474. The Morgan fingerprint density at radius 1 is 1.43 bits per heavy atom. The quantitative estimate of drug-likeness (QED) is 0.396. The standard InChI is InChI=1S/C19H27FN6O.HI/c1-21-19(22-10-14-5-6-17(24(2)3)16(20)9-14)26-7-8-27-18(13-26)15-11-23-25(4)12-15;/h5-6,9,11-12,18H,7-8,10,13H2,1-4H3,(H,21,22);1H. The Morgan fingerprint density at radius 2 is 2.21 bits per heavy atom. The van der Waals surface area contributed by atoms with Gasteiger partial charge < -0.3 is 19.9 Å². The van der Waals surface area contributed by atoms with E-state index in [4.69, 9.17) is 4.74 Å². The Bertz CT molecular complexity index is 809. The Balaban J connectivity index is 0.00000280. The van der Waals surface area contributed by atoms with Crippen molar-refractivity contribution in [3.63, 3.8) is 0 Å². The third-order valence-corrected chi connectivity index (χ3v) is 4.62. The summed E-state index contributed by atoms with van der Waals surface area (Å²) in [5.41, 5.74) is 2.51. The molecule has 3 rings (SSSR count). The van der Waals surface area contributed by atoms with Crippen molar-refractivity contribution < 1.29 is 9.13 Å². The maximum Gasteiger partial charge on any atom is 0.194 e. The van der Waals surface area contributed by atoms with Gasteiger partial charge in [-0.3, -0.25) is 9.67 Å². The number of ether oxygens (including phenoxy) is 1. The second kappa shape index (κ2) is 10.1. The Hall–Kier alpha value is -1.88. The molecule has 7 nitrogen and oxygen atoms in total. The number of anilines is 1. The van der Waals surface area contributed by atoms with Crippen LogP contribution in [0.15, 0.2) is 35.6 Å². The van der Waals surface area contributed by atoms with Crippen LogP contribution in [0.4, 0.5) is 10.1 Å². The minimum absolute atomic E-state index is 0. The van der Waals surface area contributed by atoms with Crippen molar-refractivity contribution in [2.24, 2.45) is 12.0 Å². The fourth-order valence-corrected chi connectivity index (χ4v) is 3.19. The van der Waals surface area contributed by atoms with Gasteiger partial charge in [-0.25, -0.2) is 4.39 Å². The highest BCUT2D eigenvalue weighted by Gasteiger charge is 2.25. The van der Waals surface area contributed by atoms with E-state index >= 15 is 0 Å². The molecule has 0 spiro atoms. The summed E-state index contributed by atoms with van der Waals surface area (Å²) in [6, 6.07) is 5.28. The lowest BCUT2D eigenvalue weighted by atomic mass is 10.1. The smallest absolute Gasteiger partial charge is 0.194 e. The summed E-state index contributed by atoms with van der Waals surface area (Å²) in [5, 5.41) is 7.55. The molecule has 1 atom stereocenters. The molecule has 1 aromatic carbocycles. The van der Waals surface area contributed by atoms with Crippen LogP contribution in [0.1, 0.15) is 17.2 Å². The summed E-state index contributed by atoms with van der Waals surface area (Å²) < 4.78 is 21.8. The lowest BCUT2D eigenvalue weighted by molar-refractivity contribution is -0.00805. The van der Waals surface area contributed by atoms with Crippen LogP contribution in [0.3, 0.4) is 0 Å². The van der Waals surface area contributed by atoms with E-state index in [2.05, 4.69) is 20.3 Å². The van der Waals surface area contributed by atoms with E-state index in [0.717, 1.165) is 23.6 Å². The van der Waals surface area contributed by atoms with E-state index < -0.39 is 0 Å². The molecular weight excluding hydrogens is 474 g/mol. The molecule has 0 aliphatic carbocycles. The number of nitrogens with one attached hydrogen (secondary N) is 1. The number of halogens is 2. The predicted octanol–water partition coefficient (Wildman–Crippen LogP) is 2.39. The number of aryl methyl sites for hydroxylation is 1. The number of morpholine rings is 1. The van der Waals surface area contributed by atoms with Gasteiger partial charge in [0.2, 0.25) is 0 Å². The first-order valence-corrected chi connectivity index (χ1v) is 8.99. The second-order valence-electron chi connectivity index (χ2n) is 6.83. The molecule has 1 unspecified atom stereocenters. The fourth-order valence-electron chi connectivity index (χ4n) is 3.19. The van der Waals surface area contributed by atoms with Crippen LogP contribution in [0.2, 0.25) is 0 Å². The zero-order valence-corrected chi connectivity index (χ0v) is 19.1. The summed E-state index contributed by atoms with van der Waals surface area (Å²) in [4.78, 5) is 8.30. The van der Waals surface area contributed by atoms with E-state index in [1.54, 1.807) is 28.8 Å². The molecule has 1 fully saturated rings. The van der Waals surface area contributed by atoms with Crippen LogP contribution in [-0.2, 0) is 18.3 Å². The van der Waals surface area contributed by atoms with Crippen LogP contribution in [-0.4, -0.2) is 61.5 Å². The molecule has 1 aromatic heterocycles. The number of benzene rings is 1. The van der Waals surface area contributed by atoms with Crippen molar-refractivity contribution in [1.82, 2.24) is 20.0 Å². The highest BCUT2D eigenvalue weighted by atomic mass is 127. The molecule has 0 bridgehead atoms. The monoisotopic (exact) mass is 502 g/mol. The average Bonchev–Trinajstić information content (AvgIpc) is 3.09. The number of aromatic nitrogens is 2. The molecule has 0 radical (unpaired) electrons. The largest absolute Gasteiger partial charge is 0.375 e. The molecule has 1 saturated heterocycles. The van der Waals surface area contributed by atoms with Crippen molar-refractivity contribution in [3.8, 4) is 0 Å². The molecule has 1 N–H and O–H groups in total. The summed E-state index contributed by atoms with van der Waals surface area (Å²) in [6.07, 6.45) is 3.77. The van der Waals surface area contributed by atoms with Crippen molar-refractivity contribution in [3.05, 3.63) is 47.5 Å². The van der Waals surface area contributed by atoms with E-state index in [-0.39, 0.29) is 35.9 Å². The normalized spacial score (nSPS) is 17.2. The zero-order chi connectivity index (χ0) is 19.4. The number of hydrogen-bond donors (Lipinski definition) is 1. The number of rotatable bonds is 4. The summed E-state index contributed by atoms with van der Waals surface area (Å²) in [7, 11) is 7.31. The van der Waals surface area contributed by atoms with Crippen LogP contribution < -0.4 is 10.2 Å². The third kappa shape index (κ3) is 5.34. The molecule has 28 heavy (non-hydrogen) atoms. The van der Waals surface area contributed by atoms with Gasteiger partial charge in [-0.1, -0.05) is 6.07 Å². The van der Waals surface area contributed by atoms with Crippen LogP contribution in [0, 0.1) is 5.82 Å². The maximum atomic E-state index is 14.2. The maximum absolute atomic E-state index is 14.2. The van der Waals surface area contributed by atoms with Gasteiger partial charge in [-0.05, 0) is 17.7 Å². The van der Waals surface area contributed by atoms with E-state index in [1.165, 1.54) is 0 Å².